The van der Waals surface area contributed by atoms with Gasteiger partial charge >= 0.3 is 0 Å². The SMILES string of the molecule is NC(=O)c1ccccc1NC(=O)[C@H](Br)c1ccc(F)cc1. The van der Waals surface area contributed by atoms with Crippen LogP contribution in [0.2, 0.25) is 0 Å². The molecule has 0 aliphatic rings. The first-order chi connectivity index (χ1) is 9.99. The fourth-order valence-corrected chi connectivity index (χ4v) is 2.21. The monoisotopic (exact) mass is 350 g/mol. The van der Waals surface area contributed by atoms with Crippen LogP contribution in [0.3, 0.4) is 0 Å². The molecule has 0 saturated heterocycles. The van der Waals surface area contributed by atoms with E-state index < -0.39 is 10.7 Å². The fraction of sp³-hybridized carbons (Fsp3) is 0.0667. The van der Waals surface area contributed by atoms with Crippen molar-refractivity contribution < 1.29 is 14.0 Å². The molecule has 0 aliphatic heterocycles. The third kappa shape index (κ3) is 3.66. The molecule has 0 saturated carbocycles. The Labute approximate surface area is 129 Å². The minimum absolute atomic E-state index is 0.227. The number of benzene rings is 2. The molecule has 2 rings (SSSR count). The van der Waals surface area contributed by atoms with Crippen LogP contribution in [0.25, 0.3) is 0 Å². The number of amides is 2. The van der Waals surface area contributed by atoms with Gasteiger partial charge in [-0.3, -0.25) is 9.59 Å². The Morgan fingerprint density at radius 3 is 2.33 bits per heavy atom. The maximum absolute atomic E-state index is 12.9. The van der Waals surface area contributed by atoms with Gasteiger partial charge in [-0.05, 0) is 29.8 Å². The molecule has 6 heteroatoms. The summed E-state index contributed by atoms with van der Waals surface area (Å²) in [5, 5.41) is 2.62. The molecule has 1 atom stereocenters. The van der Waals surface area contributed by atoms with Crippen molar-refractivity contribution in [2.45, 2.75) is 4.83 Å². The first-order valence-corrected chi connectivity index (χ1v) is 7.00. The Balaban J connectivity index is 2.18. The third-order valence-corrected chi connectivity index (χ3v) is 3.79. The lowest BCUT2D eigenvalue weighted by Gasteiger charge is -2.13. The summed E-state index contributed by atoms with van der Waals surface area (Å²) in [4.78, 5) is 22.8. The van der Waals surface area contributed by atoms with Crippen LogP contribution in [-0.4, -0.2) is 11.8 Å². The van der Waals surface area contributed by atoms with Gasteiger partial charge in [0, 0.05) is 0 Å². The van der Waals surface area contributed by atoms with E-state index in [9.17, 15) is 14.0 Å². The highest BCUT2D eigenvalue weighted by atomic mass is 79.9. The molecule has 0 spiro atoms. The van der Waals surface area contributed by atoms with Crippen molar-refractivity contribution in [1.29, 1.82) is 0 Å². The van der Waals surface area contributed by atoms with Crippen LogP contribution in [0.5, 0.6) is 0 Å². The number of nitrogens with two attached hydrogens (primary N) is 1. The van der Waals surface area contributed by atoms with Crippen LogP contribution in [0, 0.1) is 5.82 Å². The smallest absolute Gasteiger partial charge is 0.250 e. The van der Waals surface area contributed by atoms with Crippen LogP contribution < -0.4 is 11.1 Å². The highest BCUT2D eigenvalue weighted by molar-refractivity contribution is 9.09. The van der Waals surface area contributed by atoms with Gasteiger partial charge in [0.1, 0.15) is 10.6 Å². The number of alkyl halides is 1. The van der Waals surface area contributed by atoms with Gasteiger partial charge in [0.25, 0.3) is 5.91 Å². The number of hydrogen-bond donors (Lipinski definition) is 2. The van der Waals surface area contributed by atoms with Crippen LogP contribution in [-0.2, 0) is 4.79 Å². The van der Waals surface area contributed by atoms with Gasteiger partial charge in [-0.15, -0.1) is 0 Å². The van der Waals surface area contributed by atoms with Gasteiger partial charge in [0.15, 0.2) is 0 Å². The van der Waals surface area contributed by atoms with Gasteiger partial charge in [-0.1, -0.05) is 40.2 Å². The van der Waals surface area contributed by atoms with Crippen LogP contribution in [0.15, 0.2) is 48.5 Å². The number of anilines is 1. The summed E-state index contributed by atoms with van der Waals surface area (Å²) in [7, 11) is 0. The molecule has 2 aromatic carbocycles. The van der Waals surface area contributed by atoms with E-state index in [4.69, 9.17) is 5.73 Å². The Morgan fingerprint density at radius 2 is 1.71 bits per heavy atom. The maximum Gasteiger partial charge on any atom is 0.250 e. The third-order valence-electron chi connectivity index (χ3n) is 2.84. The van der Waals surface area contributed by atoms with Crippen molar-refractivity contribution in [3.05, 3.63) is 65.5 Å². The Bertz CT molecular complexity index is 674. The predicted molar refractivity (Wildman–Crippen MR) is 81.7 cm³/mol. The van der Waals surface area contributed by atoms with Crippen molar-refractivity contribution in [2.75, 3.05) is 5.32 Å². The van der Waals surface area contributed by atoms with E-state index in [1.54, 1.807) is 18.2 Å². The van der Waals surface area contributed by atoms with Gasteiger partial charge in [-0.25, -0.2) is 4.39 Å². The van der Waals surface area contributed by atoms with Gasteiger partial charge in [0.2, 0.25) is 5.91 Å². The zero-order chi connectivity index (χ0) is 15.4. The molecule has 108 valence electrons. The molecule has 2 aromatic rings. The summed E-state index contributed by atoms with van der Waals surface area (Å²) in [6, 6.07) is 12.0. The zero-order valence-electron chi connectivity index (χ0n) is 10.8. The first kappa shape index (κ1) is 15.2. The number of carbonyl (C=O) groups excluding carboxylic acids is 2. The second-order valence-electron chi connectivity index (χ2n) is 4.31. The second kappa shape index (κ2) is 6.49. The molecular weight excluding hydrogens is 339 g/mol. The summed E-state index contributed by atoms with van der Waals surface area (Å²) in [6.07, 6.45) is 0. The van der Waals surface area contributed by atoms with Gasteiger partial charge in [0.05, 0.1) is 11.3 Å². The van der Waals surface area contributed by atoms with E-state index in [0.717, 1.165) is 0 Å². The number of nitrogens with one attached hydrogen (secondary N) is 1. The number of carbonyl (C=O) groups is 2. The van der Waals surface area contributed by atoms with Gasteiger partial charge < -0.3 is 11.1 Å². The highest BCUT2D eigenvalue weighted by Gasteiger charge is 2.19. The molecular formula is C15H12BrFN2O2. The predicted octanol–water partition coefficient (Wildman–Crippen LogP) is 3.00. The Hall–Kier alpha value is -2.21. The van der Waals surface area contributed by atoms with E-state index in [1.165, 1.54) is 30.3 Å². The molecule has 0 bridgehead atoms. The minimum atomic E-state index is -0.668. The largest absolute Gasteiger partial charge is 0.366 e. The zero-order valence-corrected chi connectivity index (χ0v) is 12.4. The van der Waals surface area contributed by atoms with E-state index in [-0.39, 0.29) is 17.3 Å². The highest BCUT2D eigenvalue weighted by Crippen LogP contribution is 2.25. The second-order valence-corrected chi connectivity index (χ2v) is 5.23. The quantitative estimate of drug-likeness (QED) is 0.832. The lowest BCUT2D eigenvalue weighted by atomic mass is 10.1. The lowest BCUT2D eigenvalue weighted by Crippen LogP contribution is -2.20. The van der Waals surface area contributed by atoms with E-state index >= 15 is 0 Å². The normalized spacial score (nSPS) is 11.7. The molecule has 4 nitrogen and oxygen atoms in total. The van der Waals surface area contributed by atoms with Crippen molar-refractivity contribution in [3.8, 4) is 0 Å². The fourth-order valence-electron chi connectivity index (χ4n) is 1.79. The average Bonchev–Trinajstić information content (AvgIpc) is 2.47. The van der Waals surface area contributed by atoms with Crippen LogP contribution >= 0.6 is 15.9 Å². The molecule has 3 N–H and O–H groups in total. The molecule has 0 aromatic heterocycles. The molecule has 0 unspecified atom stereocenters. The summed E-state index contributed by atoms with van der Waals surface area (Å²) in [5.74, 6) is -1.38. The maximum atomic E-state index is 12.9. The number of para-hydroxylation sites is 1. The summed E-state index contributed by atoms with van der Waals surface area (Å²) < 4.78 is 12.9. The van der Waals surface area contributed by atoms with Crippen molar-refractivity contribution in [1.82, 2.24) is 0 Å². The number of rotatable bonds is 4. The number of halogens is 2. The molecule has 0 radical (unpaired) electrons. The number of hydrogen-bond acceptors (Lipinski definition) is 2. The lowest BCUT2D eigenvalue weighted by molar-refractivity contribution is -0.115. The Kier molecular flexibility index (Phi) is 4.70. The Morgan fingerprint density at radius 1 is 1.10 bits per heavy atom. The standard InChI is InChI=1S/C15H12BrFN2O2/c16-13(9-5-7-10(17)8-6-9)15(21)19-12-4-2-1-3-11(12)14(18)20/h1-8,13H,(H2,18,20)(H,19,21)/t13-/m1/s1. The summed E-state index contributed by atoms with van der Waals surface area (Å²) in [6.45, 7) is 0. The van der Waals surface area contributed by atoms with E-state index in [2.05, 4.69) is 21.2 Å². The van der Waals surface area contributed by atoms with Crippen LogP contribution in [0.4, 0.5) is 10.1 Å². The summed E-state index contributed by atoms with van der Waals surface area (Å²) in [5.41, 5.74) is 6.41. The van der Waals surface area contributed by atoms with Crippen molar-refractivity contribution in [3.63, 3.8) is 0 Å². The molecule has 0 fully saturated rings. The summed E-state index contributed by atoms with van der Waals surface area (Å²) >= 11 is 3.24. The topological polar surface area (TPSA) is 72.2 Å². The van der Waals surface area contributed by atoms with Crippen molar-refractivity contribution in [2.24, 2.45) is 5.73 Å². The van der Waals surface area contributed by atoms with E-state index in [0.29, 0.717) is 11.3 Å². The first-order valence-electron chi connectivity index (χ1n) is 6.08. The number of primary amides is 1. The van der Waals surface area contributed by atoms with E-state index in [1.807, 2.05) is 0 Å². The minimum Gasteiger partial charge on any atom is -0.366 e. The average molecular weight is 351 g/mol. The molecule has 0 heterocycles. The molecule has 0 aliphatic carbocycles. The molecule has 21 heavy (non-hydrogen) atoms. The molecule has 2 amide bonds. The van der Waals surface area contributed by atoms with Crippen molar-refractivity contribution >= 4 is 33.4 Å². The van der Waals surface area contributed by atoms with Crippen LogP contribution in [0.1, 0.15) is 20.7 Å². The van der Waals surface area contributed by atoms with Gasteiger partial charge in [-0.2, -0.15) is 0 Å².